The summed E-state index contributed by atoms with van der Waals surface area (Å²) < 4.78 is 13.4. The summed E-state index contributed by atoms with van der Waals surface area (Å²) in [5.74, 6) is 0.441. The Morgan fingerprint density at radius 3 is 2.77 bits per heavy atom. The molecule has 0 aliphatic heterocycles. The first-order chi connectivity index (χ1) is 10.5. The second kappa shape index (κ2) is 5.51. The van der Waals surface area contributed by atoms with Crippen LogP contribution in [0.2, 0.25) is 0 Å². The third-order valence-corrected chi connectivity index (χ3v) is 4.26. The first-order valence-electron chi connectivity index (χ1n) is 7.46. The minimum Gasteiger partial charge on any atom is -0.368 e. The Kier molecular flexibility index (Phi) is 3.68. The van der Waals surface area contributed by atoms with Crippen molar-refractivity contribution >= 4 is 11.9 Å². The van der Waals surface area contributed by atoms with Gasteiger partial charge in [0.25, 0.3) is 0 Å². The molecule has 1 heterocycles. The summed E-state index contributed by atoms with van der Waals surface area (Å²) in [6.45, 7) is 5.62. The smallest absolute Gasteiger partial charge is 0.228 e. The molecule has 6 heteroatoms. The van der Waals surface area contributed by atoms with Crippen LogP contribution in [0.5, 0.6) is 0 Å². The highest BCUT2D eigenvalue weighted by atomic mass is 19.1. The molecule has 2 aromatic rings. The lowest BCUT2D eigenvalue weighted by Crippen LogP contribution is -2.14. The van der Waals surface area contributed by atoms with E-state index < -0.39 is 6.17 Å². The molecule has 22 heavy (non-hydrogen) atoms. The SMILES string of the molecule is Cc1ccc2c(c1C)[C@H](Nc1nc(N)nc([C@H](C)F)n1)CC2. The fourth-order valence-corrected chi connectivity index (χ4v) is 2.99. The monoisotopic (exact) mass is 301 g/mol. The van der Waals surface area contributed by atoms with Crippen molar-refractivity contribution in [1.29, 1.82) is 0 Å². The molecule has 0 bridgehead atoms. The molecule has 0 amide bonds. The molecular formula is C16H20FN5. The van der Waals surface area contributed by atoms with Gasteiger partial charge in [0.15, 0.2) is 12.0 Å². The van der Waals surface area contributed by atoms with Crippen molar-refractivity contribution in [1.82, 2.24) is 15.0 Å². The van der Waals surface area contributed by atoms with Crippen LogP contribution < -0.4 is 11.1 Å². The van der Waals surface area contributed by atoms with Gasteiger partial charge in [0.2, 0.25) is 11.9 Å². The molecule has 1 aliphatic carbocycles. The Bertz CT molecular complexity index is 714. The second-order valence-corrected chi connectivity index (χ2v) is 5.81. The number of aryl methyl sites for hydroxylation is 2. The highest BCUT2D eigenvalue weighted by molar-refractivity contribution is 5.48. The third kappa shape index (κ3) is 2.61. The van der Waals surface area contributed by atoms with Gasteiger partial charge in [0.05, 0.1) is 6.04 Å². The highest BCUT2D eigenvalue weighted by Gasteiger charge is 2.26. The van der Waals surface area contributed by atoms with Crippen LogP contribution in [0.15, 0.2) is 12.1 Å². The number of hydrogen-bond acceptors (Lipinski definition) is 5. The van der Waals surface area contributed by atoms with Crippen LogP contribution in [-0.4, -0.2) is 15.0 Å². The van der Waals surface area contributed by atoms with Gasteiger partial charge in [0, 0.05) is 0 Å². The molecule has 0 saturated carbocycles. The summed E-state index contributed by atoms with van der Waals surface area (Å²) in [7, 11) is 0. The van der Waals surface area contributed by atoms with Crippen molar-refractivity contribution in [3.8, 4) is 0 Å². The lowest BCUT2D eigenvalue weighted by Gasteiger charge is -2.18. The Hall–Kier alpha value is -2.24. The normalized spacial score (nSPS) is 18.1. The van der Waals surface area contributed by atoms with Crippen molar-refractivity contribution in [3.05, 3.63) is 40.2 Å². The van der Waals surface area contributed by atoms with Gasteiger partial charge in [-0.1, -0.05) is 12.1 Å². The van der Waals surface area contributed by atoms with Gasteiger partial charge in [-0.2, -0.15) is 15.0 Å². The van der Waals surface area contributed by atoms with E-state index >= 15 is 0 Å². The molecule has 0 fully saturated rings. The highest BCUT2D eigenvalue weighted by Crippen LogP contribution is 2.36. The maximum atomic E-state index is 13.4. The van der Waals surface area contributed by atoms with E-state index in [1.54, 1.807) is 0 Å². The molecule has 0 radical (unpaired) electrons. The van der Waals surface area contributed by atoms with E-state index in [0.717, 1.165) is 12.8 Å². The van der Waals surface area contributed by atoms with Crippen LogP contribution in [-0.2, 0) is 6.42 Å². The zero-order valence-corrected chi connectivity index (χ0v) is 13.0. The number of nitrogen functional groups attached to an aromatic ring is 1. The second-order valence-electron chi connectivity index (χ2n) is 5.81. The molecule has 5 nitrogen and oxygen atoms in total. The van der Waals surface area contributed by atoms with Crippen molar-refractivity contribution in [2.24, 2.45) is 0 Å². The van der Waals surface area contributed by atoms with Gasteiger partial charge >= 0.3 is 0 Å². The molecular weight excluding hydrogens is 281 g/mol. The van der Waals surface area contributed by atoms with Crippen molar-refractivity contribution in [3.63, 3.8) is 0 Å². The Morgan fingerprint density at radius 2 is 2.05 bits per heavy atom. The quantitative estimate of drug-likeness (QED) is 0.910. The van der Waals surface area contributed by atoms with E-state index in [1.165, 1.54) is 29.2 Å². The number of rotatable bonds is 3. The van der Waals surface area contributed by atoms with Crippen LogP contribution in [0.3, 0.4) is 0 Å². The lowest BCUT2D eigenvalue weighted by atomic mass is 9.98. The summed E-state index contributed by atoms with van der Waals surface area (Å²) >= 11 is 0. The first-order valence-corrected chi connectivity index (χ1v) is 7.46. The maximum absolute atomic E-state index is 13.4. The van der Waals surface area contributed by atoms with E-state index in [1.807, 2.05) is 0 Å². The number of nitrogens with two attached hydrogens (primary N) is 1. The largest absolute Gasteiger partial charge is 0.368 e. The minimum absolute atomic E-state index is 0.0381. The van der Waals surface area contributed by atoms with Gasteiger partial charge in [-0.15, -0.1) is 0 Å². The number of benzene rings is 1. The molecule has 3 rings (SSSR count). The van der Waals surface area contributed by atoms with Crippen LogP contribution in [0.4, 0.5) is 16.3 Å². The predicted octanol–water partition coefficient (Wildman–Crippen LogP) is 3.20. The maximum Gasteiger partial charge on any atom is 0.228 e. The number of alkyl halides is 1. The minimum atomic E-state index is -1.27. The fraction of sp³-hybridized carbons (Fsp3) is 0.438. The molecule has 1 aromatic heterocycles. The fourth-order valence-electron chi connectivity index (χ4n) is 2.99. The number of aromatic nitrogens is 3. The number of fused-ring (bicyclic) bond motifs is 1. The number of halogens is 1. The predicted molar refractivity (Wildman–Crippen MR) is 84.4 cm³/mol. The van der Waals surface area contributed by atoms with Gasteiger partial charge < -0.3 is 11.1 Å². The summed E-state index contributed by atoms with van der Waals surface area (Å²) in [6.07, 6.45) is 0.706. The van der Waals surface area contributed by atoms with Gasteiger partial charge in [-0.25, -0.2) is 4.39 Å². The van der Waals surface area contributed by atoms with Crippen molar-refractivity contribution in [2.45, 2.75) is 45.8 Å². The van der Waals surface area contributed by atoms with Crippen molar-refractivity contribution in [2.75, 3.05) is 11.1 Å². The third-order valence-electron chi connectivity index (χ3n) is 4.26. The molecule has 116 valence electrons. The van der Waals surface area contributed by atoms with E-state index in [0.29, 0.717) is 5.95 Å². The number of nitrogens with zero attached hydrogens (tertiary/aromatic N) is 3. The number of nitrogens with one attached hydrogen (secondary N) is 1. The van der Waals surface area contributed by atoms with Crippen LogP contribution in [0.25, 0.3) is 0 Å². The molecule has 0 spiro atoms. The summed E-state index contributed by atoms with van der Waals surface area (Å²) in [5, 5.41) is 3.29. The Balaban J connectivity index is 1.92. The van der Waals surface area contributed by atoms with Crippen LogP contribution in [0, 0.1) is 13.8 Å². The summed E-state index contributed by atoms with van der Waals surface area (Å²) in [4.78, 5) is 12.0. The van der Waals surface area contributed by atoms with Crippen LogP contribution in [0.1, 0.15) is 53.6 Å². The lowest BCUT2D eigenvalue weighted by molar-refractivity contribution is 0.356. The Morgan fingerprint density at radius 1 is 1.27 bits per heavy atom. The molecule has 1 aromatic carbocycles. The van der Waals surface area contributed by atoms with Crippen LogP contribution >= 0.6 is 0 Å². The zero-order chi connectivity index (χ0) is 15.9. The number of hydrogen-bond donors (Lipinski definition) is 2. The summed E-state index contributed by atoms with van der Waals surface area (Å²) in [5.41, 5.74) is 10.9. The van der Waals surface area contributed by atoms with E-state index in [-0.39, 0.29) is 17.8 Å². The van der Waals surface area contributed by atoms with Gasteiger partial charge in [-0.05, 0) is 55.9 Å². The average Bonchev–Trinajstić information content (AvgIpc) is 2.86. The molecule has 1 aliphatic rings. The van der Waals surface area contributed by atoms with Gasteiger partial charge in [0.1, 0.15) is 0 Å². The number of anilines is 2. The van der Waals surface area contributed by atoms with E-state index in [2.05, 4.69) is 46.2 Å². The summed E-state index contributed by atoms with van der Waals surface area (Å²) in [6, 6.07) is 4.45. The average molecular weight is 301 g/mol. The van der Waals surface area contributed by atoms with Crippen molar-refractivity contribution < 1.29 is 4.39 Å². The van der Waals surface area contributed by atoms with E-state index in [4.69, 9.17) is 5.73 Å². The molecule has 2 atom stereocenters. The molecule has 0 saturated heterocycles. The Labute approximate surface area is 129 Å². The topological polar surface area (TPSA) is 76.7 Å². The molecule has 3 N–H and O–H groups in total. The zero-order valence-electron chi connectivity index (χ0n) is 13.0. The van der Waals surface area contributed by atoms with E-state index in [9.17, 15) is 4.39 Å². The standard InChI is InChI=1S/C16H20FN5/c1-8-4-5-11-6-7-12(13(11)9(8)2)19-16-21-14(10(3)17)20-15(18)22-16/h4-5,10,12H,6-7H2,1-3H3,(H3,18,19,20,21,22)/t10-,12+/m0/s1. The van der Waals surface area contributed by atoms with Gasteiger partial charge in [-0.3, -0.25) is 0 Å². The first kappa shape index (κ1) is 14.7. The molecule has 0 unspecified atom stereocenters.